The molecule has 0 rings (SSSR count). The molecule has 0 spiro atoms. The van der Waals surface area contributed by atoms with Gasteiger partial charge in [-0.1, -0.05) is 0 Å². The van der Waals surface area contributed by atoms with Crippen LogP contribution < -0.4 is 11.2 Å². The molecule has 0 saturated carbocycles. The van der Waals surface area contributed by atoms with E-state index in [-0.39, 0.29) is 5.78 Å². The van der Waals surface area contributed by atoms with Gasteiger partial charge in [-0.05, 0) is 32.4 Å². The number of nitrogens with two attached hydrogens (primary N) is 1. The largest absolute Gasteiger partial charge is 0.379 e. The number of hydrogen-bond donors (Lipinski definition) is 2. The van der Waals surface area contributed by atoms with Gasteiger partial charge in [0.2, 0.25) is 0 Å². The van der Waals surface area contributed by atoms with Gasteiger partial charge >= 0.3 is 5.97 Å². The summed E-state index contributed by atoms with van der Waals surface area (Å²) in [7, 11) is 0. The van der Waals surface area contributed by atoms with E-state index in [0.717, 1.165) is 18.6 Å². The van der Waals surface area contributed by atoms with E-state index in [1.54, 1.807) is 0 Å². The van der Waals surface area contributed by atoms with Gasteiger partial charge in [0.05, 0.1) is 26.4 Å². The molecule has 0 aliphatic heterocycles. The van der Waals surface area contributed by atoms with Crippen LogP contribution in [0, 0.1) is 0 Å². The number of rotatable bonds is 16. The van der Waals surface area contributed by atoms with Crippen LogP contribution in [0.4, 0.5) is 0 Å². The van der Waals surface area contributed by atoms with Crippen molar-refractivity contribution in [2.45, 2.75) is 19.8 Å². The number of ether oxygens (including phenoxy) is 3. The Morgan fingerprint density at radius 1 is 0.913 bits per heavy atom. The summed E-state index contributed by atoms with van der Waals surface area (Å²) in [5.74, 6) is -0.817. The Labute approximate surface area is 137 Å². The monoisotopic (exact) mass is 332 g/mol. The summed E-state index contributed by atoms with van der Waals surface area (Å²) >= 11 is 0. The third kappa shape index (κ3) is 18.6. The number of nitrogens with one attached hydrogen (secondary N) is 1. The van der Waals surface area contributed by atoms with Crippen LogP contribution in [0.2, 0.25) is 0 Å². The lowest BCUT2D eigenvalue weighted by molar-refractivity contribution is -0.145. The average molecular weight is 332 g/mol. The molecule has 0 unspecified atom stereocenters. The number of hydroxylamine groups is 1. The smallest absolute Gasteiger partial charge is 0.349 e. The maximum atomic E-state index is 11.1. The van der Waals surface area contributed by atoms with Crippen molar-refractivity contribution in [2.75, 3.05) is 52.7 Å². The lowest BCUT2D eigenvalue weighted by atomic mass is 10.4. The first-order valence-electron chi connectivity index (χ1n) is 7.72. The molecule has 0 aromatic rings. The highest BCUT2D eigenvalue weighted by molar-refractivity contribution is 5.94. The van der Waals surface area contributed by atoms with Gasteiger partial charge in [-0.2, -0.15) is 5.48 Å². The molecule has 134 valence electrons. The minimum Gasteiger partial charge on any atom is -0.379 e. The highest BCUT2D eigenvalue weighted by atomic mass is 16.7. The van der Waals surface area contributed by atoms with Gasteiger partial charge in [0.1, 0.15) is 0 Å². The highest BCUT2D eigenvalue weighted by Crippen LogP contribution is 1.86. The zero-order valence-corrected chi connectivity index (χ0v) is 13.8. The molecule has 23 heavy (non-hydrogen) atoms. The second-order valence-corrected chi connectivity index (χ2v) is 4.59. The van der Waals surface area contributed by atoms with Crippen LogP contribution in [0.5, 0.6) is 0 Å². The Kier molecular flexibility index (Phi) is 16.1. The zero-order valence-electron chi connectivity index (χ0n) is 13.8. The predicted octanol–water partition coefficient (Wildman–Crippen LogP) is -0.0319. The molecule has 0 atom stereocenters. The van der Waals surface area contributed by atoms with Gasteiger partial charge in [0, 0.05) is 25.8 Å². The molecule has 0 aliphatic carbocycles. The van der Waals surface area contributed by atoms with Crippen LogP contribution in [0.15, 0.2) is 12.2 Å². The Hall–Kier alpha value is -1.32. The van der Waals surface area contributed by atoms with E-state index < -0.39 is 5.97 Å². The lowest BCUT2D eigenvalue weighted by Crippen LogP contribution is -2.21. The van der Waals surface area contributed by atoms with Gasteiger partial charge in [0.15, 0.2) is 5.78 Å². The molecule has 0 heterocycles. The number of carbonyl (C=O) groups excluding carboxylic acids is 2. The quantitative estimate of drug-likeness (QED) is 0.230. The van der Waals surface area contributed by atoms with Crippen molar-refractivity contribution in [1.82, 2.24) is 5.48 Å². The van der Waals surface area contributed by atoms with Crippen LogP contribution >= 0.6 is 0 Å². The first-order chi connectivity index (χ1) is 11.2. The maximum absolute atomic E-state index is 11.1. The molecule has 8 nitrogen and oxygen atoms in total. The molecule has 0 radical (unpaired) electrons. The molecule has 0 aliphatic rings. The summed E-state index contributed by atoms with van der Waals surface area (Å²) < 4.78 is 15.9. The molecule has 0 aromatic carbocycles. The molecule has 8 heteroatoms. The van der Waals surface area contributed by atoms with Crippen molar-refractivity contribution in [3.05, 3.63) is 12.2 Å². The molecule has 0 amide bonds. The summed E-state index contributed by atoms with van der Waals surface area (Å²) in [6.07, 6.45) is 3.77. The Morgan fingerprint density at radius 2 is 1.48 bits per heavy atom. The van der Waals surface area contributed by atoms with Crippen LogP contribution in [0.25, 0.3) is 0 Å². The topological polar surface area (TPSA) is 109 Å². The normalized spacial score (nSPS) is 11.0. The van der Waals surface area contributed by atoms with Gasteiger partial charge in [-0.3, -0.25) is 4.79 Å². The third-order valence-corrected chi connectivity index (χ3v) is 2.43. The molecular weight excluding hydrogens is 304 g/mol. The Morgan fingerprint density at radius 3 is 2.04 bits per heavy atom. The van der Waals surface area contributed by atoms with Gasteiger partial charge < -0.3 is 24.8 Å². The minimum absolute atomic E-state index is 0.209. The number of hydrogen-bond acceptors (Lipinski definition) is 8. The fraction of sp³-hybridized carbons (Fsp3) is 0.733. The minimum atomic E-state index is -0.608. The van der Waals surface area contributed by atoms with Crippen molar-refractivity contribution >= 4 is 11.8 Å². The van der Waals surface area contributed by atoms with Gasteiger partial charge in [-0.25, -0.2) is 4.79 Å². The Balaban J connectivity index is 3.16. The number of ketones is 1. The van der Waals surface area contributed by atoms with E-state index >= 15 is 0 Å². The summed E-state index contributed by atoms with van der Waals surface area (Å²) in [5.41, 5.74) is 7.83. The second-order valence-electron chi connectivity index (χ2n) is 4.59. The first-order valence-corrected chi connectivity index (χ1v) is 7.72. The van der Waals surface area contributed by atoms with E-state index in [9.17, 15) is 9.59 Å². The van der Waals surface area contributed by atoms with E-state index in [4.69, 9.17) is 19.9 Å². The first kappa shape index (κ1) is 21.7. The zero-order chi connectivity index (χ0) is 17.2. The maximum Gasteiger partial charge on any atom is 0.349 e. The summed E-state index contributed by atoms with van der Waals surface area (Å²) in [6.45, 7) is 5.78. The van der Waals surface area contributed by atoms with E-state index in [2.05, 4.69) is 10.3 Å². The second kappa shape index (κ2) is 17.0. The lowest BCUT2D eigenvalue weighted by Gasteiger charge is -2.07. The third-order valence-electron chi connectivity index (χ3n) is 2.43. The van der Waals surface area contributed by atoms with Gasteiger partial charge in [-0.15, -0.1) is 0 Å². The summed E-state index contributed by atoms with van der Waals surface area (Å²) in [6, 6.07) is 0. The average Bonchev–Trinajstić information content (AvgIpc) is 2.53. The number of allylic oxidation sites excluding steroid dienone is 1. The molecule has 0 aromatic heterocycles. The standard InChI is InChI=1S/C15H28N2O6/c1-14(18)4-5-15(19)23-17-7-3-9-21-11-13-22-12-10-20-8-2-6-16/h4-5,17H,2-3,6-13,16H2,1H3/b5-4-. The van der Waals surface area contributed by atoms with Crippen molar-refractivity contribution in [2.24, 2.45) is 5.73 Å². The number of carbonyl (C=O) groups is 2. The van der Waals surface area contributed by atoms with Crippen LogP contribution in [0.3, 0.4) is 0 Å². The molecule has 0 saturated heterocycles. The fourth-order valence-electron chi connectivity index (χ4n) is 1.32. The molecular formula is C15H28N2O6. The SMILES string of the molecule is CC(=O)/C=C\C(=O)ONCCCOCCOCCOCCCN. The van der Waals surface area contributed by atoms with Crippen LogP contribution in [-0.4, -0.2) is 64.5 Å². The van der Waals surface area contributed by atoms with Crippen molar-refractivity contribution in [3.8, 4) is 0 Å². The van der Waals surface area contributed by atoms with Crippen molar-refractivity contribution in [3.63, 3.8) is 0 Å². The molecule has 0 bridgehead atoms. The summed E-state index contributed by atoms with van der Waals surface area (Å²) in [4.78, 5) is 26.3. The van der Waals surface area contributed by atoms with Crippen molar-refractivity contribution < 1.29 is 28.6 Å². The van der Waals surface area contributed by atoms with Gasteiger partial charge in [0.25, 0.3) is 0 Å². The molecule has 3 N–H and O–H groups in total. The highest BCUT2D eigenvalue weighted by Gasteiger charge is 1.97. The summed E-state index contributed by atoms with van der Waals surface area (Å²) in [5, 5.41) is 0. The van der Waals surface area contributed by atoms with E-state index in [0.29, 0.717) is 59.2 Å². The van der Waals surface area contributed by atoms with Crippen molar-refractivity contribution in [1.29, 1.82) is 0 Å². The van der Waals surface area contributed by atoms with Crippen LogP contribution in [-0.2, 0) is 28.6 Å². The van der Waals surface area contributed by atoms with E-state index in [1.165, 1.54) is 6.92 Å². The predicted molar refractivity (Wildman–Crippen MR) is 84.7 cm³/mol. The van der Waals surface area contributed by atoms with E-state index in [1.807, 2.05) is 0 Å². The Bertz CT molecular complexity index is 336. The fourth-order valence-corrected chi connectivity index (χ4v) is 1.32. The van der Waals surface area contributed by atoms with Crippen LogP contribution in [0.1, 0.15) is 19.8 Å². The molecule has 0 fully saturated rings.